The molecule has 0 aliphatic carbocycles. The van der Waals surface area contributed by atoms with Gasteiger partial charge < -0.3 is 9.47 Å². The van der Waals surface area contributed by atoms with Crippen LogP contribution in [-0.4, -0.2) is 14.2 Å². The first kappa shape index (κ1) is 15.3. The summed E-state index contributed by atoms with van der Waals surface area (Å²) >= 11 is 19.0. The maximum absolute atomic E-state index is 6.55. The second kappa shape index (κ2) is 6.57. The molecule has 0 saturated carbocycles. The van der Waals surface area contributed by atoms with Crippen molar-refractivity contribution in [2.75, 3.05) is 14.2 Å². The highest BCUT2D eigenvalue weighted by molar-refractivity contribution is 6.38. The molecule has 2 aromatic carbocycles. The topological polar surface area (TPSA) is 18.5 Å². The number of alkyl halides is 1. The molecule has 1 unspecified atom stereocenters. The molecule has 20 heavy (non-hydrogen) atoms. The first-order valence-electron chi connectivity index (χ1n) is 5.88. The highest BCUT2D eigenvalue weighted by atomic mass is 35.5. The van der Waals surface area contributed by atoms with E-state index < -0.39 is 5.38 Å². The molecule has 2 nitrogen and oxygen atoms in total. The number of halogens is 3. The van der Waals surface area contributed by atoms with Crippen molar-refractivity contribution in [3.8, 4) is 11.5 Å². The van der Waals surface area contributed by atoms with Gasteiger partial charge in [0.2, 0.25) is 0 Å². The predicted octanol–water partition coefficient (Wildman–Crippen LogP) is 5.34. The average Bonchev–Trinajstić information content (AvgIpc) is 2.46. The summed E-state index contributed by atoms with van der Waals surface area (Å²) in [5, 5.41) is 0.506. The SMILES string of the molecule is COc1ccc(OC)c(C(Cl)c2c(Cl)cccc2Cl)c1. The summed E-state index contributed by atoms with van der Waals surface area (Å²) in [6, 6.07) is 10.7. The summed E-state index contributed by atoms with van der Waals surface area (Å²) in [5.41, 5.74) is 1.41. The molecule has 0 heterocycles. The van der Waals surface area contributed by atoms with Crippen molar-refractivity contribution in [2.45, 2.75) is 5.38 Å². The molecule has 0 aromatic heterocycles. The maximum Gasteiger partial charge on any atom is 0.124 e. The van der Waals surface area contributed by atoms with E-state index in [0.717, 1.165) is 5.56 Å². The van der Waals surface area contributed by atoms with E-state index in [2.05, 4.69) is 0 Å². The fraction of sp³-hybridized carbons (Fsp3) is 0.200. The van der Waals surface area contributed by atoms with Gasteiger partial charge in [0.15, 0.2) is 0 Å². The largest absolute Gasteiger partial charge is 0.497 e. The molecule has 2 rings (SSSR count). The van der Waals surface area contributed by atoms with Gasteiger partial charge in [-0.2, -0.15) is 0 Å². The van der Waals surface area contributed by atoms with Crippen LogP contribution in [0.5, 0.6) is 11.5 Å². The molecule has 0 radical (unpaired) electrons. The number of hydrogen-bond donors (Lipinski definition) is 0. The van der Waals surface area contributed by atoms with E-state index in [4.69, 9.17) is 44.3 Å². The van der Waals surface area contributed by atoms with Crippen LogP contribution in [-0.2, 0) is 0 Å². The van der Waals surface area contributed by atoms with Crippen LogP contribution in [0.3, 0.4) is 0 Å². The van der Waals surface area contributed by atoms with Crippen LogP contribution in [0.2, 0.25) is 10.0 Å². The van der Waals surface area contributed by atoms with Crippen molar-refractivity contribution >= 4 is 34.8 Å². The van der Waals surface area contributed by atoms with Gasteiger partial charge in [-0.25, -0.2) is 0 Å². The summed E-state index contributed by atoms with van der Waals surface area (Å²) in [4.78, 5) is 0. The van der Waals surface area contributed by atoms with Crippen LogP contribution in [0, 0.1) is 0 Å². The number of methoxy groups -OCH3 is 2. The molecule has 0 spiro atoms. The zero-order valence-electron chi connectivity index (χ0n) is 11.0. The molecule has 0 amide bonds. The van der Waals surface area contributed by atoms with Crippen LogP contribution in [0.25, 0.3) is 0 Å². The third kappa shape index (κ3) is 2.98. The van der Waals surface area contributed by atoms with E-state index in [9.17, 15) is 0 Å². The van der Waals surface area contributed by atoms with E-state index in [1.54, 1.807) is 44.6 Å². The van der Waals surface area contributed by atoms with Gasteiger partial charge in [0.25, 0.3) is 0 Å². The molecule has 5 heteroatoms. The summed E-state index contributed by atoms with van der Waals surface area (Å²) in [5.74, 6) is 1.34. The van der Waals surface area contributed by atoms with Crippen molar-refractivity contribution in [3.05, 3.63) is 57.6 Å². The molecule has 0 N–H and O–H groups in total. The lowest BCUT2D eigenvalue weighted by Gasteiger charge is -2.17. The number of benzene rings is 2. The number of hydrogen-bond acceptors (Lipinski definition) is 2. The Kier molecular flexibility index (Phi) is 5.03. The van der Waals surface area contributed by atoms with Gasteiger partial charge >= 0.3 is 0 Å². The zero-order valence-corrected chi connectivity index (χ0v) is 13.3. The summed E-state index contributed by atoms with van der Waals surface area (Å²) in [7, 11) is 3.18. The van der Waals surface area contributed by atoms with E-state index in [1.165, 1.54) is 0 Å². The molecule has 0 saturated heterocycles. The minimum Gasteiger partial charge on any atom is -0.497 e. The summed E-state index contributed by atoms with van der Waals surface area (Å²) in [6.07, 6.45) is 0. The molecule has 0 fully saturated rings. The molecular weight excluding hydrogens is 319 g/mol. The highest BCUT2D eigenvalue weighted by Gasteiger charge is 2.21. The minimum absolute atomic E-state index is 0.516. The number of rotatable bonds is 4. The van der Waals surface area contributed by atoms with Crippen LogP contribution < -0.4 is 9.47 Å². The third-order valence-electron chi connectivity index (χ3n) is 2.96. The second-order valence-corrected chi connectivity index (χ2v) is 5.36. The fourth-order valence-electron chi connectivity index (χ4n) is 1.95. The highest BCUT2D eigenvalue weighted by Crippen LogP contribution is 2.42. The quantitative estimate of drug-likeness (QED) is 0.704. The van der Waals surface area contributed by atoms with Gasteiger partial charge in [0.05, 0.1) is 19.6 Å². The van der Waals surface area contributed by atoms with Crippen molar-refractivity contribution in [2.24, 2.45) is 0 Å². The lowest BCUT2D eigenvalue weighted by Crippen LogP contribution is -2.00. The molecular formula is C15H13Cl3O2. The van der Waals surface area contributed by atoms with Gasteiger partial charge in [-0.1, -0.05) is 29.3 Å². The zero-order chi connectivity index (χ0) is 14.7. The summed E-state index contributed by atoms with van der Waals surface area (Å²) < 4.78 is 10.6. The smallest absolute Gasteiger partial charge is 0.124 e. The lowest BCUT2D eigenvalue weighted by molar-refractivity contribution is 0.399. The molecule has 0 aliphatic heterocycles. The van der Waals surface area contributed by atoms with E-state index in [0.29, 0.717) is 27.1 Å². The van der Waals surface area contributed by atoms with Crippen molar-refractivity contribution in [1.82, 2.24) is 0 Å². The number of ether oxygens (including phenoxy) is 2. The molecule has 0 aliphatic rings. The van der Waals surface area contributed by atoms with Gasteiger partial charge in [-0.15, -0.1) is 11.6 Å². The van der Waals surface area contributed by atoms with Crippen LogP contribution in [0.15, 0.2) is 36.4 Å². The minimum atomic E-state index is -0.527. The normalized spacial score (nSPS) is 12.1. The van der Waals surface area contributed by atoms with E-state index >= 15 is 0 Å². The van der Waals surface area contributed by atoms with Gasteiger partial charge in [0, 0.05) is 21.2 Å². The Morgan fingerprint density at radius 3 is 2.15 bits per heavy atom. The standard InChI is InChI=1S/C15H13Cl3O2/c1-19-9-6-7-13(20-2)10(8-9)15(18)14-11(16)4-3-5-12(14)17/h3-8,15H,1-2H3. The van der Waals surface area contributed by atoms with E-state index in [1.807, 2.05) is 6.07 Å². The Balaban J connectivity index is 2.55. The van der Waals surface area contributed by atoms with Gasteiger partial charge in [-0.3, -0.25) is 0 Å². The Bertz CT molecular complexity index is 594. The fourth-order valence-corrected chi connectivity index (χ4v) is 3.08. The Morgan fingerprint density at radius 1 is 0.950 bits per heavy atom. The van der Waals surface area contributed by atoms with Gasteiger partial charge in [0.1, 0.15) is 11.5 Å². The Labute approximate surface area is 133 Å². The van der Waals surface area contributed by atoms with Crippen LogP contribution >= 0.6 is 34.8 Å². The lowest BCUT2D eigenvalue weighted by atomic mass is 10.0. The molecule has 1 atom stereocenters. The van der Waals surface area contributed by atoms with Crippen molar-refractivity contribution in [1.29, 1.82) is 0 Å². The maximum atomic E-state index is 6.55. The predicted molar refractivity (Wildman–Crippen MR) is 83.7 cm³/mol. The van der Waals surface area contributed by atoms with Crippen LogP contribution in [0.4, 0.5) is 0 Å². The van der Waals surface area contributed by atoms with E-state index in [-0.39, 0.29) is 0 Å². The first-order chi connectivity index (χ1) is 9.58. The first-order valence-corrected chi connectivity index (χ1v) is 7.07. The monoisotopic (exact) mass is 330 g/mol. The summed E-state index contributed by atoms with van der Waals surface area (Å²) in [6.45, 7) is 0. The Hall–Kier alpha value is -1.09. The second-order valence-electron chi connectivity index (χ2n) is 4.11. The molecule has 2 aromatic rings. The molecule has 106 valence electrons. The van der Waals surface area contributed by atoms with Crippen LogP contribution in [0.1, 0.15) is 16.5 Å². The van der Waals surface area contributed by atoms with Crippen molar-refractivity contribution < 1.29 is 9.47 Å². The Morgan fingerprint density at radius 2 is 1.60 bits per heavy atom. The molecule has 0 bridgehead atoms. The van der Waals surface area contributed by atoms with Crippen molar-refractivity contribution in [3.63, 3.8) is 0 Å². The van der Waals surface area contributed by atoms with Gasteiger partial charge in [-0.05, 0) is 30.3 Å². The third-order valence-corrected chi connectivity index (χ3v) is 4.08. The average molecular weight is 332 g/mol.